The molecule has 0 aromatic carbocycles. The van der Waals surface area contributed by atoms with Crippen LogP contribution in [0.3, 0.4) is 0 Å². The zero-order valence-electron chi connectivity index (χ0n) is 8.63. The van der Waals surface area contributed by atoms with Gasteiger partial charge in [-0.2, -0.15) is 0 Å². The molecule has 84 valence electrons. The van der Waals surface area contributed by atoms with Gasteiger partial charge in [-0.05, 0) is 41.8 Å². The van der Waals surface area contributed by atoms with Crippen molar-refractivity contribution < 1.29 is 0 Å². The van der Waals surface area contributed by atoms with Gasteiger partial charge in [0.25, 0.3) is 0 Å². The number of rotatable bonds is 5. The number of hydrogen-bond acceptors (Lipinski definition) is 3. The van der Waals surface area contributed by atoms with Crippen LogP contribution in [-0.4, -0.2) is 17.6 Å². The van der Waals surface area contributed by atoms with Gasteiger partial charge in [-0.15, -0.1) is 0 Å². The smallest absolute Gasteiger partial charge is 0.144 e. The molecule has 5 heteroatoms. The second-order valence-electron chi connectivity index (χ2n) is 3.53. The molecule has 0 aliphatic rings. The summed E-state index contributed by atoms with van der Waals surface area (Å²) in [5.74, 6) is 0.726. The summed E-state index contributed by atoms with van der Waals surface area (Å²) in [6.45, 7) is 2.85. The Balaban J connectivity index is 2.37. The molecule has 1 rings (SSSR count). The molecule has 1 aromatic rings. The van der Waals surface area contributed by atoms with Crippen molar-refractivity contribution in [2.75, 3.05) is 11.9 Å². The van der Waals surface area contributed by atoms with Crippen molar-refractivity contribution in [3.8, 4) is 0 Å². The Kier molecular flexibility index (Phi) is 5.36. The minimum atomic E-state index is 0.250. The first-order chi connectivity index (χ1) is 7.09. The second-order valence-corrected chi connectivity index (χ2v) is 4.85. The Bertz CT molecular complexity index is 318. The number of aromatic nitrogens is 1. The lowest BCUT2D eigenvalue weighted by Gasteiger charge is -2.08. The van der Waals surface area contributed by atoms with Crippen molar-refractivity contribution in [1.82, 2.24) is 4.98 Å². The van der Waals surface area contributed by atoms with Crippen molar-refractivity contribution in [2.45, 2.75) is 25.8 Å². The van der Waals surface area contributed by atoms with Gasteiger partial charge in [0.2, 0.25) is 0 Å². The van der Waals surface area contributed by atoms with E-state index < -0.39 is 0 Å². The van der Waals surface area contributed by atoms with Gasteiger partial charge in [-0.1, -0.05) is 11.6 Å². The second kappa shape index (κ2) is 6.30. The molecule has 1 heterocycles. The minimum absolute atomic E-state index is 0.250. The van der Waals surface area contributed by atoms with E-state index in [-0.39, 0.29) is 6.04 Å². The quantitative estimate of drug-likeness (QED) is 0.820. The number of halogens is 2. The van der Waals surface area contributed by atoms with Gasteiger partial charge >= 0.3 is 0 Å². The predicted octanol–water partition coefficient (Wildman–Crippen LogP) is 3.04. The standard InChI is InChI=1S/C10H15BrClN3/c1-7(13)3-2-4-14-10-9(12)5-8(11)6-15-10/h5-7H,2-4,13H2,1H3,(H,14,15). The SMILES string of the molecule is CC(N)CCCNc1ncc(Br)cc1Cl. The number of nitrogens with two attached hydrogens (primary N) is 1. The third kappa shape index (κ3) is 4.82. The van der Waals surface area contributed by atoms with Crippen LogP contribution in [0.5, 0.6) is 0 Å². The first kappa shape index (κ1) is 12.7. The fourth-order valence-corrected chi connectivity index (χ4v) is 1.87. The van der Waals surface area contributed by atoms with E-state index in [1.807, 2.05) is 13.0 Å². The molecule has 1 unspecified atom stereocenters. The molecule has 0 saturated heterocycles. The molecule has 0 amide bonds. The highest BCUT2D eigenvalue weighted by Gasteiger charge is 2.01. The summed E-state index contributed by atoms with van der Waals surface area (Å²) >= 11 is 9.30. The molecule has 1 atom stereocenters. The maximum atomic E-state index is 5.99. The summed E-state index contributed by atoms with van der Waals surface area (Å²) in [7, 11) is 0. The molecule has 0 radical (unpaired) electrons. The van der Waals surface area contributed by atoms with E-state index in [0.717, 1.165) is 29.7 Å². The van der Waals surface area contributed by atoms with E-state index in [0.29, 0.717) is 5.02 Å². The van der Waals surface area contributed by atoms with E-state index in [1.54, 1.807) is 6.20 Å². The summed E-state index contributed by atoms with van der Waals surface area (Å²) < 4.78 is 0.883. The van der Waals surface area contributed by atoms with Crippen LogP contribution in [0.1, 0.15) is 19.8 Å². The summed E-state index contributed by atoms with van der Waals surface area (Å²) in [5.41, 5.74) is 5.65. The van der Waals surface area contributed by atoms with Crippen LogP contribution in [0.25, 0.3) is 0 Å². The summed E-state index contributed by atoms with van der Waals surface area (Å²) in [5, 5.41) is 3.81. The Morgan fingerprint density at radius 1 is 1.67 bits per heavy atom. The highest BCUT2D eigenvalue weighted by molar-refractivity contribution is 9.10. The van der Waals surface area contributed by atoms with Gasteiger partial charge in [0.1, 0.15) is 5.82 Å². The van der Waals surface area contributed by atoms with Crippen molar-refractivity contribution in [1.29, 1.82) is 0 Å². The van der Waals surface area contributed by atoms with Crippen molar-refractivity contribution in [3.63, 3.8) is 0 Å². The molecule has 0 saturated carbocycles. The lowest BCUT2D eigenvalue weighted by Crippen LogP contribution is -2.16. The summed E-state index contributed by atoms with van der Waals surface area (Å²) in [6.07, 6.45) is 3.74. The van der Waals surface area contributed by atoms with Crippen LogP contribution in [-0.2, 0) is 0 Å². The topological polar surface area (TPSA) is 50.9 Å². The zero-order valence-corrected chi connectivity index (χ0v) is 11.0. The molecule has 3 nitrogen and oxygen atoms in total. The largest absolute Gasteiger partial charge is 0.369 e. The Hall–Kier alpha value is -0.320. The molecule has 3 N–H and O–H groups in total. The first-order valence-corrected chi connectivity index (χ1v) is 6.07. The van der Waals surface area contributed by atoms with E-state index in [4.69, 9.17) is 17.3 Å². The van der Waals surface area contributed by atoms with Crippen molar-refractivity contribution in [3.05, 3.63) is 21.8 Å². The number of hydrogen-bond donors (Lipinski definition) is 2. The Morgan fingerprint density at radius 3 is 3.00 bits per heavy atom. The fourth-order valence-electron chi connectivity index (χ4n) is 1.18. The highest BCUT2D eigenvalue weighted by Crippen LogP contribution is 2.22. The van der Waals surface area contributed by atoms with Crippen LogP contribution in [0, 0.1) is 0 Å². The van der Waals surface area contributed by atoms with E-state index in [2.05, 4.69) is 26.2 Å². The van der Waals surface area contributed by atoms with Crippen LogP contribution in [0.4, 0.5) is 5.82 Å². The van der Waals surface area contributed by atoms with Crippen molar-refractivity contribution in [2.24, 2.45) is 5.73 Å². The van der Waals surface area contributed by atoms with Gasteiger partial charge in [0.15, 0.2) is 0 Å². The molecular weight excluding hydrogens is 277 g/mol. The van der Waals surface area contributed by atoms with E-state index >= 15 is 0 Å². The number of nitrogens with zero attached hydrogens (tertiary/aromatic N) is 1. The van der Waals surface area contributed by atoms with Crippen LogP contribution < -0.4 is 11.1 Å². The lowest BCUT2D eigenvalue weighted by molar-refractivity contribution is 0.639. The zero-order chi connectivity index (χ0) is 11.3. The maximum Gasteiger partial charge on any atom is 0.144 e. The number of anilines is 1. The van der Waals surface area contributed by atoms with Crippen molar-refractivity contribution >= 4 is 33.3 Å². The molecule has 0 aliphatic heterocycles. The number of nitrogens with one attached hydrogen (secondary N) is 1. The van der Waals surface area contributed by atoms with Gasteiger partial charge in [0, 0.05) is 23.3 Å². The van der Waals surface area contributed by atoms with Crippen LogP contribution >= 0.6 is 27.5 Å². The van der Waals surface area contributed by atoms with Gasteiger partial charge in [-0.3, -0.25) is 0 Å². The molecular formula is C10H15BrClN3. The van der Waals surface area contributed by atoms with E-state index in [9.17, 15) is 0 Å². The fraction of sp³-hybridized carbons (Fsp3) is 0.500. The van der Waals surface area contributed by atoms with Gasteiger partial charge in [0.05, 0.1) is 5.02 Å². The van der Waals surface area contributed by atoms with Gasteiger partial charge < -0.3 is 11.1 Å². The average Bonchev–Trinajstić information content (AvgIpc) is 2.14. The molecule has 0 fully saturated rings. The summed E-state index contributed by atoms with van der Waals surface area (Å²) in [4.78, 5) is 4.17. The Labute approximate surface area is 104 Å². The summed E-state index contributed by atoms with van der Waals surface area (Å²) in [6, 6.07) is 2.07. The minimum Gasteiger partial charge on any atom is -0.369 e. The molecule has 0 aliphatic carbocycles. The van der Waals surface area contributed by atoms with Crippen LogP contribution in [0.2, 0.25) is 5.02 Å². The van der Waals surface area contributed by atoms with Crippen LogP contribution in [0.15, 0.2) is 16.7 Å². The molecule has 15 heavy (non-hydrogen) atoms. The molecule has 0 bridgehead atoms. The highest BCUT2D eigenvalue weighted by atomic mass is 79.9. The number of pyridine rings is 1. The lowest BCUT2D eigenvalue weighted by atomic mass is 10.2. The molecule has 0 spiro atoms. The predicted molar refractivity (Wildman–Crippen MR) is 68.3 cm³/mol. The van der Waals surface area contributed by atoms with E-state index in [1.165, 1.54) is 0 Å². The normalized spacial score (nSPS) is 12.5. The maximum absolute atomic E-state index is 5.99. The monoisotopic (exact) mass is 291 g/mol. The Morgan fingerprint density at radius 2 is 2.40 bits per heavy atom. The molecule has 1 aromatic heterocycles. The first-order valence-electron chi connectivity index (χ1n) is 4.90. The average molecular weight is 293 g/mol. The third-order valence-electron chi connectivity index (χ3n) is 1.94. The van der Waals surface area contributed by atoms with Gasteiger partial charge in [-0.25, -0.2) is 4.98 Å². The third-order valence-corrected chi connectivity index (χ3v) is 2.66.